The minimum Gasteiger partial charge on any atom is -0.340 e. The average molecular weight is 549 g/mol. The standard InChI is InChI=1S/C27H29FN8O2S/c1-35(24-11-16-36(17-12-24)19-23-18-29-14-15-30-23)39(37,38)25-8-6-22(7-9-25)33-27-31-13-10-26(34-27)32-21-4-2-20(28)3-5-21/h2-10,13-15,18,24H,11-12,16-17,19H2,1H3,(H2,31,32,33,34). The number of benzene rings is 2. The lowest BCUT2D eigenvalue weighted by Gasteiger charge is -2.36. The molecule has 4 aromatic rings. The number of rotatable bonds is 9. The number of hydrogen-bond donors (Lipinski definition) is 2. The van der Waals surface area contributed by atoms with Crippen LogP contribution in [0.25, 0.3) is 0 Å². The molecule has 0 bridgehead atoms. The summed E-state index contributed by atoms with van der Waals surface area (Å²) in [6.45, 7) is 2.29. The van der Waals surface area contributed by atoms with Crippen LogP contribution in [0.3, 0.4) is 0 Å². The zero-order chi connectivity index (χ0) is 27.2. The van der Waals surface area contributed by atoms with Crippen molar-refractivity contribution >= 4 is 33.2 Å². The van der Waals surface area contributed by atoms with Crippen molar-refractivity contribution in [1.82, 2.24) is 29.1 Å². The molecule has 3 heterocycles. The van der Waals surface area contributed by atoms with E-state index in [1.165, 1.54) is 16.4 Å². The number of sulfonamides is 1. The zero-order valence-electron chi connectivity index (χ0n) is 21.4. The Hall–Kier alpha value is -4.00. The highest BCUT2D eigenvalue weighted by Crippen LogP contribution is 2.25. The van der Waals surface area contributed by atoms with Crippen LogP contribution in [0, 0.1) is 5.82 Å². The van der Waals surface area contributed by atoms with E-state index in [1.807, 2.05) is 0 Å². The van der Waals surface area contributed by atoms with Gasteiger partial charge >= 0.3 is 0 Å². The molecule has 10 nitrogen and oxygen atoms in total. The molecule has 202 valence electrons. The molecule has 0 aliphatic carbocycles. The summed E-state index contributed by atoms with van der Waals surface area (Å²) in [5.74, 6) is 0.549. The molecule has 1 fully saturated rings. The number of anilines is 4. The molecule has 0 unspecified atom stereocenters. The van der Waals surface area contributed by atoms with Crippen LogP contribution in [0.1, 0.15) is 18.5 Å². The maximum absolute atomic E-state index is 13.3. The predicted octanol–water partition coefficient (Wildman–Crippen LogP) is 4.18. The Bertz CT molecular complexity index is 1480. The molecule has 2 aromatic carbocycles. The summed E-state index contributed by atoms with van der Waals surface area (Å²) >= 11 is 0. The van der Waals surface area contributed by atoms with Crippen LogP contribution in [0.4, 0.5) is 27.5 Å². The molecule has 0 amide bonds. The lowest BCUT2D eigenvalue weighted by molar-refractivity contribution is 0.162. The number of aromatic nitrogens is 4. The third kappa shape index (κ3) is 6.72. The van der Waals surface area contributed by atoms with Crippen molar-refractivity contribution in [2.45, 2.75) is 30.3 Å². The minimum absolute atomic E-state index is 0.0735. The largest absolute Gasteiger partial charge is 0.340 e. The van der Waals surface area contributed by atoms with Gasteiger partial charge < -0.3 is 10.6 Å². The maximum Gasteiger partial charge on any atom is 0.243 e. The van der Waals surface area contributed by atoms with Gasteiger partial charge in [0.1, 0.15) is 11.6 Å². The van der Waals surface area contributed by atoms with Gasteiger partial charge in [0.25, 0.3) is 0 Å². The summed E-state index contributed by atoms with van der Waals surface area (Å²) in [6.07, 6.45) is 8.17. The van der Waals surface area contributed by atoms with Crippen molar-refractivity contribution in [2.75, 3.05) is 30.8 Å². The van der Waals surface area contributed by atoms with Crippen LogP contribution in [0.2, 0.25) is 0 Å². The van der Waals surface area contributed by atoms with Gasteiger partial charge in [0.15, 0.2) is 0 Å². The normalized spacial score (nSPS) is 14.8. The molecule has 5 rings (SSSR count). The molecule has 2 N–H and O–H groups in total. The Morgan fingerprint density at radius 2 is 1.62 bits per heavy atom. The first-order valence-electron chi connectivity index (χ1n) is 12.5. The molecule has 2 aromatic heterocycles. The van der Waals surface area contributed by atoms with Gasteiger partial charge in [-0.1, -0.05) is 0 Å². The maximum atomic E-state index is 13.3. The molecule has 0 radical (unpaired) electrons. The average Bonchev–Trinajstić information content (AvgIpc) is 2.95. The second-order valence-electron chi connectivity index (χ2n) is 9.27. The Morgan fingerprint density at radius 1 is 0.923 bits per heavy atom. The number of nitrogens with zero attached hydrogens (tertiary/aromatic N) is 6. The van der Waals surface area contributed by atoms with Gasteiger partial charge in [-0.2, -0.15) is 9.29 Å². The van der Waals surface area contributed by atoms with Gasteiger partial charge in [0.05, 0.1) is 10.6 Å². The van der Waals surface area contributed by atoms with Crippen LogP contribution in [0.5, 0.6) is 0 Å². The van der Waals surface area contributed by atoms with Crippen molar-refractivity contribution in [3.05, 3.63) is 90.9 Å². The molecule has 12 heteroatoms. The first-order chi connectivity index (χ1) is 18.9. The fourth-order valence-corrected chi connectivity index (χ4v) is 5.87. The van der Waals surface area contributed by atoms with E-state index in [0.29, 0.717) is 29.7 Å². The van der Waals surface area contributed by atoms with Crippen molar-refractivity contribution in [3.8, 4) is 0 Å². The van der Waals surface area contributed by atoms with E-state index in [2.05, 4.69) is 35.5 Å². The van der Waals surface area contributed by atoms with E-state index in [4.69, 9.17) is 0 Å². The summed E-state index contributed by atoms with van der Waals surface area (Å²) in [5.41, 5.74) is 2.25. The zero-order valence-corrected chi connectivity index (χ0v) is 22.2. The van der Waals surface area contributed by atoms with Gasteiger partial charge in [-0.15, -0.1) is 0 Å². The minimum atomic E-state index is -3.65. The smallest absolute Gasteiger partial charge is 0.243 e. The van der Waals surface area contributed by atoms with Gasteiger partial charge in [-0.05, 0) is 67.4 Å². The fourth-order valence-electron chi connectivity index (χ4n) is 4.45. The highest BCUT2D eigenvalue weighted by molar-refractivity contribution is 7.89. The molecular formula is C27H29FN8O2S. The number of halogens is 1. The summed E-state index contributed by atoms with van der Waals surface area (Å²) in [7, 11) is -2.00. The highest BCUT2D eigenvalue weighted by Gasteiger charge is 2.31. The number of hydrogen-bond acceptors (Lipinski definition) is 9. The van der Waals surface area contributed by atoms with E-state index in [-0.39, 0.29) is 16.8 Å². The Kier molecular flexibility index (Phi) is 8.05. The van der Waals surface area contributed by atoms with E-state index >= 15 is 0 Å². The van der Waals surface area contributed by atoms with Gasteiger partial charge in [-0.3, -0.25) is 14.9 Å². The lowest BCUT2D eigenvalue weighted by atomic mass is 10.1. The molecule has 0 atom stereocenters. The third-order valence-corrected chi connectivity index (χ3v) is 8.56. The van der Waals surface area contributed by atoms with Crippen molar-refractivity contribution < 1.29 is 12.8 Å². The molecule has 0 saturated carbocycles. The first-order valence-corrected chi connectivity index (χ1v) is 14.0. The molecule has 1 aliphatic heterocycles. The lowest BCUT2D eigenvalue weighted by Crippen LogP contribution is -2.45. The summed E-state index contributed by atoms with van der Waals surface area (Å²) in [5, 5.41) is 6.18. The van der Waals surface area contributed by atoms with E-state index in [9.17, 15) is 12.8 Å². The molecule has 1 saturated heterocycles. The van der Waals surface area contributed by atoms with Crippen LogP contribution in [-0.4, -0.2) is 63.7 Å². The molecule has 0 spiro atoms. The monoisotopic (exact) mass is 548 g/mol. The predicted molar refractivity (Wildman–Crippen MR) is 147 cm³/mol. The van der Waals surface area contributed by atoms with Gasteiger partial charge in [0, 0.05) is 68.9 Å². The topological polar surface area (TPSA) is 116 Å². The van der Waals surface area contributed by atoms with Crippen LogP contribution >= 0.6 is 0 Å². The summed E-state index contributed by atoms with van der Waals surface area (Å²) < 4.78 is 41.3. The summed E-state index contributed by atoms with van der Waals surface area (Å²) in [4.78, 5) is 19.6. The van der Waals surface area contributed by atoms with Crippen molar-refractivity contribution in [2.24, 2.45) is 0 Å². The Morgan fingerprint density at radius 3 is 2.31 bits per heavy atom. The molecule has 1 aliphatic rings. The fraction of sp³-hybridized carbons (Fsp3) is 0.259. The molecule has 39 heavy (non-hydrogen) atoms. The van der Waals surface area contributed by atoms with Crippen molar-refractivity contribution in [1.29, 1.82) is 0 Å². The van der Waals surface area contributed by atoms with Gasteiger partial charge in [0.2, 0.25) is 16.0 Å². The number of likely N-dealkylation sites (tertiary alicyclic amines) is 1. The quantitative estimate of drug-likeness (QED) is 0.318. The van der Waals surface area contributed by atoms with Crippen LogP contribution in [-0.2, 0) is 16.6 Å². The van der Waals surface area contributed by atoms with Gasteiger partial charge in [-0.25, -0.2) is 17.8 Å². The highest BCUT2D eigenvalue weighted by atomic mass is 32.2. The second-order valence-corrected chi connectivity index (χ2v) is 11.3. The van der Waals surface area contributed by atoms with E-state index in [1.54, 1.807) is 74.3 Å². The van der Waals surface area contributed by atoms with Crippen LogP contribution in [0.15, 0.2) is 84.3 Å². The SMILES string of the molecule is CN(C1CCN(Cc2cnccn2)CC1)S(=O)(=O)c1ccc(Nc2nccc(Nc3ccc(F)cc3)n2)cc1. The Labute approximate surface area is 227 Å². The van der Waals surface area contributed by atoms with E-state index in [0.717, 1.165) is 31.6 Å². The second kappa shape index (κ2) is 11.8. The Balaban J connectivity index is 1.18. The third-order valence-electron chi connectivity index (χ3n) is 6.63. The first kappa shape index (κ1) is 26.6. The van der Waals surface area contributed by atoms with Crippen molar-refractivity contribution in [3.63, 3.8) is 0 Å². The van der Waals surface area contributed by atoms with E-state index < -0.39 is 10.0 Å². The molecular weight excluding hydrogens is 519 g/mol. The number of piperidine rings is 1. The van der Waals surface area contributed by atoms with Crippen LogP contribution < -0.4 is 10.6 Å². The number of nitrogens with one attached hydrogen (secondary N) is 2. The summed E-state index contributed by atoms with van der Waals surface area (Å²) in [6, 6.07) is 14.1.